The molecular weight excluding hydrogens is 338 g/mol. The van der Waals surface area contributed by atoms with Gasteiger partial charge in [-0.15, -0.1) is 0 Å². The second-order valence-corrected chi connectivity index (χ2v) is 4.91. The van der Waals surface area contributed by atoms with Gasteiger partial charge in [0.2, 0.25) is 5.91 Å². The molecule has 0 unspecified atom stereocenters. The van der Waals surface area contributed by atoms with Crippen LogP contribution in [0.1, 0.15) is 12.6 Å². The summed E-state index contributed by atoms with van der Waals surface area (Å²) >= 11 is 6.74. The van der Waals surface area contributed by atoms with E-state index in [0.29, 0.717) is 19.6 Å². The number of likely N-dealkylation sites (N-methyl/N-ethyl adjacent to an activating group) is 1. The number of hydrogen-bond donors (Lipinski definition) is 2. The molecule has 1 aromatic heterocycles. The highest BCUT2D eigenvalue weighted by Gasteiger charge is 2.03. The molecule has 1 rings (SSSR count). The number of nitrogens with one attached hydrogen (secondary N) is 2. The van der Waals surface area contributed by atoms with Crippen molar-refractivity contribution in [3.63, 3.8) is 0 Å². The van der Waals surface area contributed by atoms with Crippen molar-refractivity contribution in [2.24, 2.45) is 0 Å². The van der Waals surface area contributed by atoms with Gasteiger partial charge < -0.3 is 10.6 Å². The molecule has 0 aliphatic rings. The Hall–Kier alpha value is -0.460. The van der Waals surface area contributed by atoms with Crippen LogP contribution in [-0.4, -0.2) is 24.0 Å². The summed E-state index contributed by atoms with van der Waals surface area (Å²) in [4.78, 5) is 15.4. The second kappa shape index (κ2) is 6.98. The molecule has 4 nitrogen and oxygen atoms in total. The fourth-order valence-electron chi connectivity index (χ4n) is 1.13. The molecule has 6 heteroatoms. The van der Waals surface area contributed by atoms with E-state index in [1.807, 2.05) is 13.0 Å². The topological polar surface area (TPSA) is 54.0 Å². The van der Waals surface area contributed by atoms with Crippen LogP contribution in [0.5, 0.6) is 0 Å². The van der Waals surface area contributed by atoms with Crippen molar-refractivity contribution in [1.82, 2.24) is 15.6 Å². The molecule has 0 radical (unpaired) electrons. The van der Waals surface area contributed by atoms with E-state index in [0.717, 1.165) is 14.6 Å². The standard InChI is InChI=1S/C10H13Br2N3O/c1-2-14-10(16)6-13-5-9-8(12)3-7(11)4-15-9/h3-4,13H,2,5-6H2,1H3,(H,14,16). The zero-order chi connectivity index (χ0) is 12.0. The first-order valence-corrected chi connectivity index (χ1v) is 6.49. The highest BCUT2D eigenvalue weighted by atomic mass is 79.9. The van der Waals surface area contributed by atoms with Gasteiger partial charge in [0.05, 0.1) is 12.2 Å². The minimum absolute atomic E-state index is 0.00395. The van der Waals surface area contributed by atoms with E-state index in [9.17, 15) is 4.79 Å². The number of pyridine rings is 1. The molecule has 0 fully saturated rings. The Morgan fingerprint density at radius 2 is 2.25 bits per heavy atom. The maximum absolute atomic E-state index is 11.2. The first kappa shape index (κ1) is 13.6. The predicted octanol–water partition coefficient (Wildman–Crippen LogP) is 1.83. The quantitative estimate of drug-likeness (QED) is 0.851. The van der Waals surface area contributed by atoms with Gasteiger partial charge in [0.15, 0.2) is 0 Å². The lowest BCUT2D eigenvalue weighted by molar-refractivity contribution is -0.120. The maximum atomic E-state index is 11.2. The van der Waals surface area contributed by atoms with E-state index >= 15 is 0 Å². The Labute approximate surface area is 111 Å². The molecule has 0 saturated carbocycles. The van der Waals surface area contributed by atoms with Crippen molar-refractivity contribution in [3.05, 3.63) is 26.9 Å². The summed E-state index contributed by atoms with van der Waals surface area (Å²) in [7, 11) is 0. The predicted molar refractivity (Wildman–Crippen MR) is 70.0 cm³/mol. The number of halogens is 2. The van der Waals surface area contributed by atoms with Gasteiger partial charge in [-0.25, -0.2) is 0 Å². The van der Waals surface area contributed by atoms with E-state index < -0.39 is 0 Å². The molecule has 88 valence electrons. The normalized spacial score (nSPS) is 10.2. The number of hydrogen-bond acceptors (Lipinski definition) is 3. The smallest absolute Gasteiger partial charge is 0.233 e. The van der Waals surface area contributed by atoms with Crippen LogP contribution in [-0.2, 0) is 11.3 Å². The zero-order valence-electron chi connectivity index (χ0n) is 8.89. The summed E-state index contributed by atoms with van der Waals surface area (Å²) in [6, 6.07) is 1.93. The van der Waals surface area contributed by atoms with Gasteiger partial charge in [-0.3, -0.25) is 9.78 Å². The molecule has 0 saturated heterocycles. The minimum atomic E-state index is -0.00395. The second-order valence-electron chi connectivity index (χ2n) is 3.14. The molecule has 2 N–H and O–H groups in total. The lowest BCUT2D eigenvalue weighted by atomic mass is 10.3. The Balaban J connectivity index is 2.40. The van der Waals surface area contributed by atoms with E-state index in [1.165, 1.54) is 0 Å². The number of aromatic nitrogens is 1. The molecule has 0 spiro atoms. The lowest BCUT2D eigenvalue weighted by Gasteiger charge is -2.06. The fraction of sp³-hybridized carbons (Fsp3) is 0.400. The van der Waals surface area contributed by atoms with Crippen LogP contribution in [0.15, 0.2) is 21.2 Å². The van der Waals surface area contributed by atoms with Crippen molar-refractivity contribution in [2.45, 2.75) is 13.5 Å². The van der Waals surface area contributed by atoms with Crippen molar-refractivity contribution in [2.75, 3.05) is 13.1 Å². The molecule has 1 heterocycles. The van der Waals surface area contributed by atoms with Crippen molar-refractivity contribution in [3.8, 4) is 0 Å². The third kappa shape index (κ3) is 4.59. The van der Waals surface area contributed by atoms with Gasteiger partial charge in [0.1, 0.15) is 0 Å². The van der Waals surface area contributed by atoms with Gasteiger partial charge in [0, 0.05) is 28.2 Å². The SMILES string of the molecule is CCNC(=O)CNCc1ncc(Br)cc1Br. The van der Waals surface area contributed by atoms with Gasteiger partial charge >= 0.3 is 0 Å². The monoisotopic (exact) mass is 349 g/mol. The number of carbonyl (C=O) groups is 1. The van der Waals surface area contributed by atoms with Gasteiger partial charge in [-0.05, 0) is 44.8 Å². The summed E-state index contributed by atoms with van der Waals surface area (Å²) in [5, 5.41) is 5.74. The van der Waals surface area contributed by atoms with Crippen LogP contribution in [0.4, 0.5) is 0 Å². The van der Waals surface area contributed by atoms with Crippen LogP contribution >= 0.6 is 31.9 Å². The molecule has 1 amide bonds. The van der Waals surface area contributed by atoms with E-state index in [4.69, 9.17) is 0 Å². The van der Waals surface area contributed by atoms with Crippen LogP contribution in [0.2, 0.25) is 0 Å². The van der Waals surface area contributed by atoms with E-state index in [2.05, 4.69) is 47.5 Å². The van der Waals surface area contributed by atoms with Crippen LogP contribution in [0.3, 0.4) is 0 Å². The summed E-state index contributed by atoms with van der Waals surface area (Å²) in [6.45, 7) is 3.41. The maximum Gasteiger partial charge on any atom is 0.233 e. The Bertz CT molecular complexity index is 371. The molecule has 0 aliphatic heterocycles. The van der Waals surface area contributed by atoms with Gasteiger partial charge in [-0.2, -0.15) is 0 Å². The first-order chi connectivity index (χ1) is 7.63. The molecule has 1 aromatic rings. The number of amides is 1. The summed E-state index contributed by atoms with van der Waals surface area (Å²) < 4.78 is 1.84. The Morgan fingerprint density at radius 3 is 2.88 bits per heavy atom. The summed E-state index contributed by atoms with van der Waals surface area (Å²) in [5.41, 5.74) is 0.882. The lowest BCUT2D eigenvalue weighted by Crippen LogP contribution is -2.33. The molecule has 0 atom stereocenters. The number of rotatable bonds is 5. The fourth-order valence-corrected chi connectivity index (χ4v) is 2.25. The average molecular weight is 351 g/mol. The highest BCUT2D eigenvalue weighted by Crippen LogP contribution is 2.19. The van der Waals surface area contributed by atoms with Crippen LogP contribution in [0.25, 0.3) is 0 Å². The number of carbonyl (C=O) groups excluding carboxylic acids is 1. The summed E-state index contributed by atoms with van der Waals surface area (Å²) in [5.74, 6) is -0.00395. The molecule has 16 heavy (non-hydrogen) atoms. The molecule has 0 bridgehead atoms. The molecule has 0 aliphatic carbocycles. The third-order valence-electron chi connectivity index (χ3n) is 1.84. The van der Waals surface area contributed by atoms with Crippen molar-refractivity contribution < 1.29 is 4.79 Å². The highest BCUT2D eigenvalue weighted by molar-refractivity contribution is 9.11. The van der Waals surface area contributed by atoms with E-state index in [1.54, 1.807) is 6.20 Å². The van der Waals surface area contributed by atoms with Crippen molar-refractivity contribution >= 4 is 37.8 Å². The third-order valence-corrected chi connectivity index (χ3v) is 2.96. The van der Waals surface area contributed by atoms with Crippen molar-refractivity contribution in [1.29, 1.82) is 0 Å². The van der Waals surface area contributed by atoms with E-state index in [-0.39, 0.29) is 5.91 Å². The Morgan fingerprint density at radius 1 is 1.50 bits per heavy atom. The van der Waals surface area contributed by atoms with Crippen LogP contribution < -0.4 is 10.6 Å². The zero-order valence-corrected chi connectivity index (χ0v) is 12.1. The molecular formula is C10H13Br2N3O. The number of nitrogens with zero attached hydrogens (tertiary/aromatic N) is 1. The van der Waals surface area contributed by atoms with Gasteiger partial charge in [-0.1, -0.05) is 0 Å². The minimum Gasteiger partial charge on any atom is -0.355 e. The summed E-state index contributed by atoms with van der Waals surface area (Å²) in [6.07, 6.45) is 1.73. The van der Waals surface area contributed by atoms with Crippen LogP contribution in [0, 0.1) is 0 Å². The average Bonchev–Trinajstić information content (AvgIpc) is 2.22. The largest absolute Gasteiger partial charge is 0.355 e. The Kier molecular flexibility index (Phi) is 5.94. The first-order valence-electron chi connectivity index (χ1n) is 4.90. The van der Waals surface area contributed by atoms with Gasteiger partial charge in [0.25, 0.3) is 0 Å². The molecule has 0 aromatic carbocycles.